The fourth-order valence-electron chi connectivity index (χ4n) is 3.51. The Bertz CT molecular complexity index is 817. The van der Waals surface area contributed by atoms with E-state index in [1.165, 1.54) is 0 Å². The Morgan fingerprint density at radius 3 is 2.50 bits per heavy atom. The van der Waals surface area contributed by atoms with Gasteiger partial charge in [0.05, 0.1) is 11.3 Å². The molecule has 2 amide bonds. The average molecular weight is 401 g/mol. The van der Waals surface area contributed by atoms with E-state index < -0.39 is 0 Å². The number of carbonyl (C=O) groups excluding carboxylic acids is 2. The molecular formula is C22H27ClN3O2+. The Morgan fingerprint density at radius 2 is 1.79 bits per heavy atom. The van der Waals surface area contributed by atoms with E-state index in [1.807, 2.05) is 48.6 Å². The molecule has 3 rings (SSSR count). The normalized spacial score (nSPS) is 15.2. The van der Waals surface area contributed by atoms with Crippen LogP contribution in [0.2, 0.25) is 5.02 Å². The monoisotopic (exact) mass is 400 g/mol. The van der Waals surface area contributed by atoms with Crippen molar-refractivity contribution in [2.45, 2.75) is 44.7 Å². The zero-order valence-electron chi connectivity index (χ0n) is 16.1. The number of rotatable bonds is 7. The van der Waals surface area contributed by atoms with Crippen molar-refractivity contribution in [3.8, 4) is 0 Å². The SMILES string of the molecule is C[C@H]([NH2+]CC(=O)Nc1ccccc1C(=O)NC1CCCC1)c1ccc(Cl)cc1. The molecule has 0 radical (unpaired) electrons. The van der Waals surface area contributed by atoms with E-state index in [-0.39, 0.29) is 30.4 Å². The minimum Gasteiger partial charge on any atom is -0.349 e. The summed E-state index contributed by atoms with van der Waals surface area (Å²) >= 11 is 5.92. The first-order chi connectivity index (χ1) is 13.5. The van der Waals surface area contributed by atoms with E-state index in [0.717, 1.165) is 31.2 Å². The van der Waals surface area contributed by atoms with E-state index in [1.54, 1.807) is 12.1 Å². The Hall–Kier alpha value is -2.37. The van der Waals surface area contributed by atoms with Gasteiger partial charge >= 0.3 is 0 Å². The number of nitrogens with one attached hydrogen (secondary N) is 2. The van der Waals surface area contributed by atoms with Gasteiger partial charge in [-0.15, -0.1) is 0 Å². The fraction of sp³-hybridized carbons (Fsp3) is 0.364. The minimum atomic E-state index is -0.137. The van der Waals surface area contributed by atoms with Gasteiger partial charge in [-0.25, -0.2) is 0 Å². The highest BCUT2D eigenvalue weighted by Crippen LogP contribution is 2.20. The van der Waals surface area contributed by atoms with Crippen molar-refractivity contribution in [1.29, 1.82) is 0 Å². The molecule has 1 aliphatic rings. The number of hydrogen-bond acceptors (Lipinski definition) is 2. The molecule has 4 N–H and O–H groups in total. The number of carbonyl (C=O) groups is 2. The Morgan fingerprint density at radius 1 is 1.11 bits per heavy atom. The lowest BCUT2D eigenvalue weighted by atomic mass is 10.1. The molecule has 6 heteroatoms. The first-order valence-corrected chi connectivity index (χ1v) is 10.2. The van der Waals surface area contributed by atoms with Crippen LogP contribution in [-0.4, -0.2) is 24.4 Å². The van der Waals surface area contributed by atoms with Crippen molar-refractivity contribution < 1.29 is 14.9 Å². The molecule has 0 aromatic heterocycles. The molecular weight excluding hydrogens is 374 g/mol. The van der Waals surface area contributed by atoms with Crippen LogP contribution in [0, 0.1) is 0 Å². The highest BCUT2D eigenvalue weighted by atomic mass is 35.5. The summed E-state index contributed by atoms with van der Waals surface area (Å²) in [6.45, 7) is 2.31. The summed E-state index contributed by atoms with van der Waals surface area (Å²) in [5, 5.41) is 8.61. The van der Waals surface area contributed by atoms with Crippen LogP contribution in [-0.2, 0) is 4.79 Å². The van der Waals surface area contributed by atoms with Gasteiger partial charge in [0.1, 0.15) is 6.04 Å². The second-order valence-corrected chi connectivity index (χ2v) is 7.77. The van der Waals surface area contributed by atoms with Crippen molar-refractivity contribution in [3.05, 3.63) is 64.7 Å². The van der Waals surface area contributed by atoms with Gasteiger partial charge in [-0.3, -0.25) is 9.59 Å². The maximum Gasteiger partial charge on any atom is 0.279 e. The molecule has 0 bridgehead atoms. The predicted molar refractivity (Wildman–Crippen MR) is 111 cm³/mol. The van der Waals surface area contributed by atoms with Crippen LogP contribution in [0.1, 0.15) is 54.6 Å². The molecule has 0 heterocycles. The highest BCUT2D eigenvalue weighted by molar-refractivity contribution is 6.30. The second kappa shape index (κ2) is 9.71. The Kier molecular flexibility index (Phi) is 7.06. The molecule has 1 aliphatic carbocycles. The lowest BCUT2D eigenvalue weighted by molar-refractivity contribution is -0.682. The third-order valence-electron chi connectivity index (χ3n) is 5.19. The third kappa shape index (κ3) is 5.57. The molecule has 148 valence electrons. The van der Waals surface area contributed by atoms with Crippen molar-refractivity contribution in [2.24, 2.45) is 0 Å². The quantitative estimate of drug-likeness (QED) is 0.667. The number of hydrogen-bond donors (Lipinski definition) is 3. The van der Waals surface area contributed by atoms with Crippen molar-refractivity contribution in [2.75, 3.05) is 11.9 Å². The molecule has 5 nitrogen and oxygen atoms in total. The first kappa shape index (κ1) is 20.4. The van der Waals surface area contributed by atoms with Gasteiger partial charge in [0.15, 0.2) is 6.54 Å². The number of amides is 2. The van der Waals surface area contributed by atoms with Crippen LogP contribution >= 0.6 is 11.6 Å². The van der Waals surface area contributed by atoms with Gasteiger partial charge in [-0.05, 0) is 44.0 Å². The maximum absolute atomic E-state index is 12.6. The summed E-state index contributed by atoms with van der Waals surface area (Å²) in [5.41, 5.74) is 2.16. The molecule has 2 aromatic rings. The zero-order chi connectivity index (χ0) is 19.9. The van der Waals surface area contributed by atoms with Crippen molar-refractivity contribution in [1.82, 2.24) is 5.32 Å². The molecule has 0 aliphatic heterocycles. The standard InChI is InChI=1S/C22H26ClN3O2/c1-15(16-10-12-17(23)13-11-16)24-14-21(27)26-20-9-5-4-8-19(20)22(28)25-18-6-2-3-7-18/h4-5,8-13,15,18,24H,2-3,6-7,14H2,1H3,(H,25,28)(H,26,27)/p+1/t15-/m0/s1. The lowest BCUT2D eigenvalue weighted by Crippen LogP contribution is -2.86. The van der Waals surface area contributed by atoms with Crippen LogP contribution in [0.15, 0.2) is 48.5 Å². The molecule has 0 unspecified atom stereocenters. The van der Waals surface area contributed by atoms with Crippen molar-refractivity contribution in [3.63, 3.8) is 0 Å². The van der Waals surface area contributed by atoms with Crippen LogP contribution in [0.25, 0.3) is 0 Å². The summed E-state index contributed by atoms with van der Waals surface area (Å²) < 4.78 is 0. The molecule has 28 heavy (non-hydrogen) atoms. The lowest BCUT2D eigenvalue weighted by Gasteiger charge is -2.15. The van der Waals surface area contributed by atoms with Gasteiger partial charge in [-0.2, -0.15) is 0 Å². The number of para-hydroxylation sites is 1. The number of halogens is 1. The van der Waals surface area contributed by atoms with Crippen LogP contribution in [0.3, 0.4) is 0 Å². The summed E-state index contributed by atoms with van der Waals surface area (Å²) in [6, 6.07) is 15.1. The predicted octanol–water partition coefficient (Wildman–Crippen LogP) is 3.28. The fourth-order valence-corrected chi connectivity index (χ4v) is 3.64. The number of nitrogens with two attached hydrogens (primary N) is 1. The second-order valence-electron chi connectivity index (χ2n) is 7.33. The summed E-state index contributed by atoms with van der Waals surface area (Å²) in [4.78, 5) is 25.0. The largest absolute Gasteiger partial charge is 0.349 e. The zero-order valence-corrected chi connectivity index (χ0v) is 16.8. The van der Waals surface area contributed by atoms with E-state index >= 15 is 0 Å². The summed E-state index contributed by atoms with van der Waals surface area (Å²) in [7, 11) is 0. The summed E-state index contributed by atoms with van der Waals surface area (Å²) in [6.07, 6.45) is 4.37. The Labute approximate surface area is 170 Å². The van der Waals surface area contributed by atoms with Crippen molar-refractivity contribution >= 4 is 29.1 Å². The molecule has 0 spiro atoms. The van der Waals surface area contributed by atoms with Gasteiger partial charge < -0.3 is 16.0 Å². The van der Waals surface area contributed by atoms with E-state index in [9.17, 15) is 9.59 Å². The molecule has 1 atom stereocenters. The summed E-state index contributed by atoms with van der Waals surface area (Å²) in [5.74, 6) is -0.261. The molecule has 0 saturated heterocycles. The van der Waals surface area contributed by atoms with Gasteiger partial charge in [0, 0.05) is 16.6 Å². The number of anilines is 1. The minimum absolute atomic E-state index is 0.124. The van der Waals surface area contributed by atoms with Gasteiger partial charge in [0.2, 0.25) is 0 Å². The van der Waals surface area contributed by atoms with E-state index in [0.29, 0.717) is 16.3 Å². The molecule has 1 fully saturated rings. The number of quaternary nitrogens is 1. The highest BCUT2D eigenvalue weighted by Gasteiger charge is 2.20. The van der Waals surface area contributed by atoms with Gasteiger partial charge in [-0.1, -0.05) is 48.7 Å². The van der Waals surface area contributed by atoms with E-state index in [2.05, 4.69) is 10.6 Å². The van der Waals surface area contributed by atoms with E-state index in [4.69, 9.17) is 11.6 Å². The maximum atomic E-state index is 12.6. The van der Waals surface area contributed by atoms with Crippen LogP contribution in [0.4, 0.5) is 5.69 Å². The molecule has 1 saturated carbocycles. The third-order valence-corrected chi connectivity index (χ3v) is 5.44. The number of benzene rings is 2. The first-order valence-electron chi connectivity index (χ1n) is 9.81. The smallest absolute Gasteiger partial charge is 0.279 e. The van der Waals surface area contributed by atoms with Gasteiger partial charge in [0.25, 0.3) is 11.8 Å². The average Bonchev–Trinajstić information content (AvgIpc) is 3.20. The van der Waals surface area contributed by atoms with Crippen LogP contribution < -0.4 is 16.0 Å². The molecule has 2 aromatic carbocycles. The topological polar surface area (TPSA) is 74.8 Å². The van der Waals surface area contributed by atoms with Crippen LogP contribution in [0.5, 0.6) is 0 Å². The Balaban J connectivity index is 1.56.